The molecule has 0 fully saturated rings. The number of anilines is 2. The van der Waals surface area contributed by atoms with E-state index in [0.717, 1.165) is 17.0 Å². The Labute approximate surface area is 178 Å². The van der Waals surface area contributed by atoms with Crippen molar-refractivity contribution >= 4 is 11.4 Å². The Morgan fingerprint density at radius 2 is 1.73 bits per heavy atom. The van der Waals surface area contributed by atoms with Crippen LogP contribution in [0.1, 0.15) is 32.3 Å². The first-order valence-corrected chi connectivity index (χ1v) is 10.6. The third kappa shape index (κ3) is 2.85. The summed E-state index contributed by atoms with van der Waals surface area (Å²) >= 11 is 0. The molecule has 0 radical (unpaired) electrons. The van der Waals surface area contributed by atoms with Gasteiger partial charge in [-0.15, -0.1) is 0 Å². The van der Waals surface area contributed by atoms with Crippen molar-refractivity contribution in [3.63, 3.8) is 0 Å². The molecular formula is C27H27NO2. The van der Waals surface area contributed by atoms with Gasteiger partial charge in [0.15, 0.2) is 0 Å². The van der Waals surface area contributed by atoms with Crippen molar-refractivity contribution in [2.75, 3.05) is 4.90 Å². The lowest BCUT2D eigenvalue weighted by molar-refractivity contribution is 0.187. The average molecular weight is 398 g/mol. The molecule has 0 spiro atoms. The molecule has 152 valence electrons. The first-order chi connectivity index (χ1) is 14.5. The fourth-order valence-corrected chi connectivity index (χ4v) is 5.13. The molecule has 0 amide bonds. The lowest BCUT2D eigenvalue weighted by Gasteiger charge is -2.46. The lowest BCUT2D eigenvalue weighted by Crippen LogP contribution is -2.38. The number of rotatable bonds is 2. The number of hydrogen-bond acceptors (Lipinski definition) is 3. The van der Waals surface area contributed by atoms with E-state index in [2.05, 4.69) is 79.4 Å². The van der Waals surface area contributed by atoms with Crippen LogP contribution >= 0.6 is 0 Å². The molecule has 1 aliphatic heterocycles. The van der Waals surface area contributed by atoms with E-state index in [1.807, 2.05) is 12.1 Å². The van der Waals surface area contributed by atoms with Crippen LogP contribution in [0.2, 0.25) is 0 Å². The summed E-state index contributed by atoms with van der Waals surface area (Å²) in [6, 6.07) is 18.9. The van der Waals surface area contributed by atoms with Crippen molar-refractivity contribution in [1.82, 2.24) is 0 Å². The first kappa shape index (κ1) is 19.0. The summed E-state index contributed by atoms with van der Waals surface area (Å²) in [5, 5.41) is 21.7. The molecule has 2 N–H and O–H groups in total. The SMILES string of the molecule is CC1(C)C2=C(CC(O)C(C3CC=CC=C3O)=C2)N(c2ccccc2)c2ccccc21. The minimum atomic E-state index is -0.622. The minimum Gasteiger partial charge on any atom is -0.512 e. The molecule has 0 aromatic heterocycles. The molecule has 2 aromatic rings. The summed E-state index contributed by atoms with van der Waals surface area (Å²) in [5.41, 5.74) is 6.59. The Morgan fingerprint density at radius 3 is 2.50 bits per heavy atom. The molecule has 2 aliphatic carbocycles. The van der Waals surface area contributed by atoms with E-state index >= 15 is 0 Å². The van der Waals surface area contributed by atoms with E-state index in [1.54, 1.807) is 6.08 Å². The smallest absolute Gasteiger partial charge is 0.0997 e. The van der Waals surface area contributed by atoms with Crippen LogP contribution in [0.25, 0.3) is 0 Å². The number of fused-ring (bicyclic) bond motifs is 1. The van der Waals surface area contributed by atoms with E-state index in [-0.39, 0.29) is 11.3 Å². The van der Waals surface area contributed by atoms with Gasteiger partial charge in [-0.1, -0.05) is 68.5 Å². The number of para-hydroxylation sites is 2. The monoisotopic (exact) mass is 397 g/mol. The van der Waals surface area contributed by atoms with Gasteiger partial charge in [0, 0.05) is 34.8 Å². The lowest BCUT2D eigenvalue weighted by atomic mass is 9.68. The molecule has 5 rings (SSSR count). The summed E-state index contributed by atoms with van der Waals surface area (Å²) < 4.78 is 0. The molecule has 2 unspecified atom stereocenters. The van der Waals surface area contributed by atoms with Crippen LogP contribution in [-0.2, 0) is 5.41 Å². The van der Waals surface area contributed by atoms with Gasteiger partial charge in [0.2, 0.25) is 0 Å². The van der Waals surface area contributed by atoms with E-state index < -0.39 is 6.10 Å². The van der Waals surface area contributed by atoms with Crippen molar-refractivity contribution < 1.29 is 10.2 Å². The Morgan fingerprint density at radius 1 is 1.00 bits per heavy atom. The number of aliphatic hydroxyl groups excluding tert-OH is 2. The van der Waals surface area contributed by atoms with Crippen molar-refractivity contribution in [2.24, 2.45) is 5.92 Å². The van der Waals surface area contributed by atoms with Gasteiger partial charge in [0.25, 0.3) is 0 Å². The zero-order chi connectivity index (χ0) is 20.9. The second kappa shape index (κ2) is 7.03. The maximum Gasteiger partial charge on any atom is 0.0997 e. The summed E-state index contributed by atoms with van der Waals surface area (Å²) in [4.78, 5) is 2.29. The van der Waals surface area contributed by atoms with E-state index in [1.165, 1.54) is 16.8 Å². The van der Waals surface area contributed by atoms with Crippen LogP contribution in [0.15, 0.2) is 102 Å². The van der Waals surface area contributed by atoms with Gasteiger partial charge in [-0.25, -0.2) is 0 Å². The fourth-order valence-electron chi connectivity index (χ4n) is 5.13. The van der Waals surface area contributed by atoms with E-state index in [9.17, 15) is 10.2 Å². The van der Waals surface area contributed by atoms with Crippen molar-refractivity contribution in [3.05, 3.63) is 107 Å². The molecule has 3 aliphatic rings. The molecule has 3 heteroatoms. The van der Waals surface area contributed by atoms with E-state index in [4.69, 9.17) is 0 Å². The van der Waals surface area contributed by atoms with Crippen molar-refractivity contribution in [2.45, 2.75) is 38.2 Å². The van der Waals surface area contributed by atoms with Crippen LogP contribution in [-0.4, -0.2) is 16.3 Å². The Hall–Kier alpha value is -3.04. The molecule has 30 heavy (non-hydrogen) atoms. The van der Waals surface area contributed by atoms with Gasteiger partial charge < -0.3 is 15.1 Å². The number of benzene rings is 2. The highest BCUT2D eigenvalue weighted by molar-refractivity contribution is 5.78. The topological polar surface area (TPSA) is 43.7 Å². The van der Waals surface area contributed by atoms with Gasteiger partial charge in [0.1, 0.15) is 0 Å². The molecule has 3 nitrogen and oxygen atoms in total. The summed E-state index contributed by atoms with van der Waals surface area (Å²) in [6.07, 6.45) is 8.45. The number of nitrogens with zero attached hydrogens (tertiary/aromatic N) is 1. The van der Waals surface area contributed by atoms with Crippen LogP contribution in [0, 0.1) is 5.92 Å². The highest BCUT2D eigenvalue weighted by atomic mass is 16.3. The summed E-state index contributed by atoms with van der Waals surface area (Å²) in [5.74, 6) is 0.179. The van der Waals surface area contributed by atoms with Gasteiger partial charge in [0.05, 0.1) is 11.9 Å². The highest BCUT2D eigenvalue weighted by Crippen LogP contribution is 2.52. The van der Waals surface area contributed by atoms with Crippen LogP contribution in [0.3, 0.4) is 0 Å². The van der Waals surface area contributed by atoms with Gasteiger partial charge in [-0.3, -0.25) is 0 Å². The minimum absolute atomic E-state index is 0.155. The average Bonchev–Trinajstić information content (AvgIpc) is 2.75. The maximum absolute atomic E-state index is 11.2. The predicted octanol–water partition coefficient (Wildman–Crippen LogP) is 6.08. The first-order valence-electron chi connectivity index (χ1n) is 10.6. The van der Waals surface area contributed by atoms with Crippen LogP contribution < -0.4 is 4.90 Å². The Kier molecular flexibility index (Phi) is 4.44. The van der Waals surface area contributed by atoms with Gasteiger partial charge in [-0.05, 0) is 47.4 Å². The summed E-state index contributed by atoms with van der Waals surface area (Å²) in [7, 11) is 0. The highest BCUT2D eigenvalue weighted by Gasteiger charge is 2.42. The molecular weight excluding hydrogens is 370 g/mol. The molecule has 1 heterocycles. The summed E-state index contributed by atoms with van der Waals surface area (Å²) in [6.45, 7) is 4.51. The zero-order valence-corrected chi connectivity index (χ0v) is 17.4. The molecule has 2 atom stereocenters. The maximum atomic E-state index is 11.2. The van der Waals surface area contributed by atoms with Gasteiger partial charge >= 0.3 is 0 Å². The van der Waals surface area contributed by atoms with Crippen molar-refractivity contribution in [1.29, 1.82) is 0 Å². The van der Waals surface area contributed by atoms with Gasteiger partial charge in [-0.2, -0.15) is 0 Å². The molecule has 0 bridgehead atoms. The predicted molar refractivity (Wildman–Crippen MR) is 122 cm³/mol. The normalized spacial score (nSPS) is 24.7. The second-order valence-electron chi connectivity index (χ2n) is 8.85. The van der Waals surface area contributed by atoms with Crippen molar-refractivity contribution in [3.8, 4) is 0 Å². The fraction of sp³-hybridized carbons (Fsp3) is 0.259. The molecule has 0 saturated heterocycles. The second-order valence-corrected chi connectivity index (χ2v) is 8.85. The van der Waals surface area contributed by atoms with Crippen LogP contribution in [0.4, 0.5) is 11.4 Å². The number of aliphatic hydroxyl groups is 2. The standard InChI is InChI=1S/C27H27NO2/c1-27(2)21-13-7-8-14-23(21)28(18-10-4-3-5-11-18)24-17-26(30)20(16-22(24)27)19-12-6-9-15-25(19)29/h3-11,13-16,19,26,29-30H,12,17H2,1-2H3. The van der Waals surface area contributed by atoms with Crippen LogP contribution in [0.5, 0.6) is 0 Å². The molecule has 2 aromatic carbocycles. The third-order valence-electron chi connectivity index (χ3n) is 6.70. The number of allylic oxidation sites excluding steroid dienone is 6. The Balaban J connectivity index is 1.72. The van der Waals surface area contributed by atoms with E-state index in [0.29, 0.717) is 18.6 Å². The third-order valence-corrected chi connectivity index (χ3v) is 6.70. The quantitative estimate of drug-likeness (QED) is 0.645. The largest absolute Gasteiger partial charge is 0.512 e. The zero-order valence-electron chi connectivity index (χ0n) is 17.4. The molecule has 0 saturated carbocycles. The Bertz CT molecular complexity index is 1100. The number of hydrogen-bond donors (Lipinski definition) is 2.